The van der Waals surface area contributed by atoms with Gasteiger partial charge in [-0.25, -0.2) is 8.42 Å². The average molecular weight is 325 g/mol. The van der Waals surface area contributed by atoms with E-state index in [1.165, 1.54) is 4.31 Å². The number of carbonyl (C=O) groups excluding carboxylic acids is 1. The molecule has 0 saturated carbocycles. The highest BCUT2D eigenvalue weighted by Crippen LogP contribution is 2.27. The SMILES string of the molecule is CCOC(=O)C1CCCCN1S(=O)(=O)c1ccc(C)c(C)c1. The van der Waals surface area contributed by atoms with Crippen molar-refractivity contribution >= 4 is 16.0 Å². The lowest BCUT2D eigenvalue weighted by atomic mass is 10.1. The Bertz CT molecular complexity index is 654. The van der Waals surface area contributed by atoms with Crippen LogP contribution in [0, 0.1) is 13.8 Å². The zero-order chi connectivity index (χ0) is 16.3. The van der Waals surface area contributed by atoms with E-state index in [4.69, 9.17) is 4.74 Å². The molecular formula is C16H23NO4S. The predicted molar refractivity (Wildman–Crippen MR) is 84.1 cm³/mol. The third-order valence-electron chi connectivity index (χ3n) is 4.10. The van der Waals surface area contributed by atoms with E-state index in [0.717, 1.165) is 24.0 Å². The van der Waals surface area contributed by atoms with Gasteiger partial charge in [0.15, 0.2) is 0 Å². The van der Waals surface area contributed by atoms with Crippen molar-refractivity contribution in [2.24, 2.45) is 0 Å². The number of piperidine rings is 1. The molecule has 0 radical (unpaired) electrons. The number of ether oxygens (including phenoxy) is 1. The van der Waals surface area contributed by atoms with Gasteiger partial charge in [0, 0.05) is 6.54 Å². The summed E-state index contributed by atoms with van der Waals surface area (Å²) in [6, 6.07) is 4.36. The molecule has 1 aliphatic heterocycles. The van der Waals surface area contributed by atoms with Crippen LogP contribution in [0.25, 0.3) is 0 Å². The highest BCUT2D eigenvalue weighted by Gasteiger charge is 2.38. The normalized spacial score (nSPS) is 19.9. The molecule has 2 rings (SSSR count). The van der Waals surface area contributed by atoms with Gasteiger partial charge in [-0.15, -0.1) is 0 Å². The fraction of sp³-hybridized carbons (Fsp3) is 0.562. The van der Waals surface area contributed by atoms with Crippen molar-refractivity contribution < 1.29 is 17.9 Å². The molecule has 1 atom stereocenters. The lowest BCUT2D eigenvalue weighted by molar-refractivity contribution is -0.148. The van der Waals surface area contributed by atoms with E-state index in [0.29, 0.717) is 13.0 Å². The Morgan fingerprint density at radius 3 is 2.64 bits per heavy atom. The lowest BCUT2D eigenvalue weighted by Gasteiger charge is -2.33. The van der Waals surface area contributed by atoms with Gasteiger partial charge >= 0.3 is 5.97 Å². The van der Waals surface area contributed by atoms with E-state index < -0.39 is 22.0 Å². The maximum absolute atomic E-state index is 12.9. The van der Waals surface area contributed by atoms with Crippen molar-refractivity contribution in [2.75, 3.05) is 13.2 Å². The lowest BCUT2D eigenvalue weighted by Crippen LogP contribution is -2.48. The van der Waals surface area contributed by atoms with Crippen LogP contribution >= 0.6 is 0 Å². The van der Waals surface area contributed by atoms with Crippen LogP contribution < -0.4 is 0 Å². The molecule has 1 heterocycles. The molecule has 1 aromatic carbocycles. The van der Waals surface area contributed by atoms with Gasteiger partial charge in [0.25, 0.3) is 0 Å². The molecule has 1 unspecified atom stereocenters. The number of hydrogen-bond acceptors (Lipinski definition) is 4. The quantitative estimate of drug-likeness (QED) is 0.798. The third-order valence-corrected chi connectivity index (χ3v) is 6.00. The molecule has 1 fully saturated rings. The predicted octanol–water partition coefficient (Wildman–Crippen LogP) is 2.41. The largest absolute Gasteiger partial charge is 0.465 e. The van der Waals surface area contributed by atoms with Gasteiger partial charge in [0.05, 0.1) is 11.5 Å². The standard InChI is InChI=1S/C16H23NO4S/c1-4-21-16(18)15-7-5-6-10-17(15)22(19,20)14-9-8-12(2)13(3)11-14/h8-9,11,15H,4-7,10H2,1-3H3. The molecule has 0 bridgehead atoms. The Hall–Kier alpha value is -1.40. The monoisotopic (exact) mass is 325 g/mol. The summed E-state index contributed by atoms with van der Waals surface area (Å²) < 4.78 is 32.1. The van der Waals surface area contributed by atoms with Crippen molar-refractivity contribution in [3.05, 3.63) is 29.3 Å². The van der Waals surface area contributed by atoms with Crippen LogP contribution in [0.2, 0.25) is 0 Å². The molecule has 22 heavy (non-hydrogen) atoms. The van der Waals surface area contributed by atoms with Crippen LogP contribution in [0.3, 0.4) is 0 Å². The molecule has 0 spiro atoms. The van der Waals surface area contributed by atoms with Crippen LogP contribution in [0.5, 0.6) is 0 Å². The molecule has 1 aromatic rings. The van der Waals surface area contributed by atoms with Gasteiger partial charge in [-0.3, -0.25) is 4.79 Å². The van der Waals surface area contributed by atoms with E-state index in [9.17, 15) is 13.2 Å². The van der Waals surface area contributed by atoms with Crippen molar-refractivity contribution in [2.45, 2.75) is 51.0 Å². The smallest absolute Gasteiger partial charge is 0.324 e. The Kier molecular flexibility index (Phi) is 5.24. The molecule has 0 aromatic heterocycles. The maximum atomic E-state index is 12.9. The molecule has 122 valence electrons. The first-order valence-corrected chi connectivity index (χ1v) is 9.07. The zero-order valence-corrected chi connectivity index (χ0v) is 14.1. The fourth-order valence-corrected chi connectivity index (χ4v) is 4.41. The first-order chi connectivity index (χ1) is 10.4. The average Bonchev–Trinajstić information content (AvgIpc) is 2.50. The Labute approximate surface area is 132 Å². The summed E-state index contributed by atoms with van der Waals surface area (Å²) in [5.41, 5.74) is 1.96. The van der Waals surface area contributed by atoms with Crippen molar-refractivity contribution in [1.82, 2.24) is 4.31 Å². The van der Waals surface area contributed by atoms with Gasteiger partial charge < -0.3 is 4.74 Å². The second-order valence-corrected chi connectivity index (χ2v) is 7.52. The van der Waals surface area contributed by atoms with E-state index in [1.807, 2.05) is 13.8 Å². The molecule has 6 heteroatoms. The summed E-state index contributed by atoms with van der Waals surface area (Å²) in [5.74, 6) is -0.449. The van der Waals surface area contributed by atoms with Gasteiger partial charge in [-0.2, -0.15) is 4.31 Å². The summed E-state index contributed by atoms with van der Waals surface area (Å²) in [7, 11) is -3.68. The number of esters is 1. The van der Waals surface area contributed by atoms with Gasteiger partial charge in [-0.05, 0) is 63.3 Å². The molecule has 5 nitrogen and oxygen atoms in total. The number of sulfonamides is 1. The van der Waals surface area contributed by atoms with Crippen LogP contribution in [-0.4, -0.2) is 37.9 Å². The van der Waals surface area contributed by atoms with Gasteiger partial charge in [-0.1, -0.05) is 6.07 Å². The first kappa shape index (κ1) is 17.0. The van der Waals surface area contributed by atoms with Gasteiger partial charge in [0.1, 0.15) is 6.04 Å². The summed E-state index contributed by atoms with van der Waals surface area (Å²) >= 11 is 0. The second kappa shape index (κ2) is 6.79. The summed E-state index contributed by atoms with van der Waals surface area (Å²) in [4.78, 5) is 12.3. The highest BCUT2D eigenvalue weighted by molar-refractivity contribution is 7.89. The van der Waals surface area contributed by atoms with E-state index in [2.05, 4.69) is 0 Å². The zero-order valence-electron chi connectivity index (χ0n) is 13.3. The Balaban J connectivity index is 2.36. The summed E-state index contributed by atoms with van der Waals surface area (Å²) in [5, 5.41) is 0. The number of benzene rings is 1. The summed E-state index contributed by atoms with van der Waals surface area (Å²) in [6.45, 7) is 6.16. The second-order valence-electron chi connectivity index (χ2n) is 5.63. The van der Waals surface area contributed by atoms with Crippen molar-refractivity contribution in [1.29, 1.82) is 0 Å². The Morgan fingerprint density at radius 1 is 1.27 bits per heavy atom. The van der Waals surface area contributed by atoms with Crippen LogP contribution in [0.4, 0.5) is 0 Å². The first-order valence-electron chi connectivity index (χ1n) is 7.63. The third kappa shape index (κ3) is 3.33. The highest BCUT2D eigenvalue weighted by atomic mass is 32.2. The number of hydrogen-bond donors (Lipinski definition) is 0. The number of carbonyl (C=O) groups is 1. The number of rotatable bonds is 4. The Morgan fingerprint density at radius 2 is 2.00 bits per heavy atom. The molecule has 1 aliphatic rings. The minimum absolute atomic E-state index is 0.242. The molecule has 0 N–H and O–H groups in total. The van der Waals surface area contributed by atoms with Crippen LogP contribution in [0.15, 0.2) is 23.1 Å². The number of nitrogens with zero attached hydrogens (tertiary/aromatic N) is 1. The molecular weight excluding hydrogens is 302 g/mol. The van der Waals surface area contributed by atoms with Gasteiger partial charge in [0.2, 0.25) is 10.0 Å². The molecule has 0 amide bonds. The maximum Gasteiger partial charge on any atom is 0.324 e. The van der Waals surface area contributed by atoms with Crippen LogP contribution in [-0.2, 0) is 19.6 Å². The van der Waals surface area contributed by atoms with E-state index in [1.54, 1.807) is 25.1 Å². The van der Waals surface area contributed by atoms with Crippen molar-refractivity contribution in [3.63, 3.8) is 0 Å². The number of aryl methyl sites for hydroxylation is 2. The summed E-state index contributed by atoms with van der Waals surface area (Å²) in [6.07, 6.45) is 2.12. The van der Waals surface area contributed by atoms with Crippen molar-refractivity contribution in [3.8, 4) is 0 Å². The topological polar surface area (TPSA) is 63.7 Å². The minimum Gasteiger partial charge on any atom is -0.465 e. The van der Waals surface area contributed by atoms with Crippen LogP contribution in [0.1, 0.15) is 37.3 Å². The molecule has 1 saturated heterocycles. The fourth-order valence-electron chi connectivity index (χ4n) is 2.68. The van der Waals surface area contributed by atoms with E-state index >= 15 is 0 Å². The minimum atomic E-state index is -3.68. The molecule has 0 aliphatic carbocycles. The van der Waals surface area contributed by atoms with E-state index in [-0.39, 0.29) is 11.5 Å².